The number of carbonyl (C=O) groups is 1. The van der Waals surface area contributed by atoms with Crippen LogP contribution in [0.15, 0.2) is 18.2 Å². The van der Waals surface area contributed by atoms with Crippen LogP contribution in [-0.4, -0.2) is 23.7 Å². The van der Waals surface area contributed by atoms with Crippen LogP contribution in [-0.2, 0) is 4.79 Å². The number of hydrogen-bond acceptors (Lipinski definition) is 3. The van der Waals surface area contributed by atoms with Gasteiger partial charge in [0.2, 0.25) is 0 Å². The van der Waals surface area contributed by atoms with Gasteiger partial charge in [0.05, 0.1) is 11.3 Å². The highest BCUT2D eigenvalue weighted by Crippen LogP contribution is 2.29. The molecule has 17 heavy (non-hydrogen) atoms. The van der Waals surface area contributed by atoms with Crippen molar-refractivity contribution in [2.75, 3.05) is 11.4 Å². The fraction of sp³-hybridized carbons (Fsp3) is 0.333. The molecule has 4 nitrogen and oxygen atoms in total. The summed E-state index contributed by atoms with van der Waals surface area (Å²) < 4.78 is 13.0. The molecule has 1 atom stereocenters. The lowest BCUT2D eigenvalue weighted by atomic mass is 10.1. The van der Waals surface area contributed by atoms with Gasteiger partial charge in [-0.3, -0.25) is 0 Å². The number of benzene rings is 1. The minimum Gasteiger partial charge on any atom is -0.480 e. The maximum Gasteiger partial charge on any atom is 0.326 e. The summed E-state index contributed by atoms with van der Waals surface area (Å²) >= 11 is 0. The minimum atomic E-state index is -0.907. The molecule has 1 unspecified atom stereocenters. The van der Waals surface area contributed by atoms with Crippen LogP contribution in [0.4, 0.5) is 10.1 Å². The van der Waals surface area contributed by atoms with E-state index >= 15 is 0 Å². The van der Waals surface area contributed by atoms with Crippen LogP contribution in [0.25, 0.3) is 0 Å². The zero-order valence-corrected chi connectivity index (χ0v) is 9.06. The maximum absolute atomic E-state index is 13.0. The summed E-state index contributed by atoms with van der Waals surface area (Å²) in [5.41, 5.74) is 0.678. The third-order valence-electron chi connectivity index (χ3n) is 2.93. The average Bonchev–Trinajstić information content (AvgIpc) is 2.77. The highest BCUT2D eigenvalue weighted by Gasteiger charge is 2.31. The molecule has 88 valence electrons. The van der Waals surface area contributed by atoms with E-state index in [1.807, 2.05) is 6.07 Å². The van der Waals surface area contributed by atoms with E-state index in [0.717, 1.165) is 12.5 Å². The minimum absolute atomic E-state index is 0.179. The Bertz CT molecular complexity index is 496. The van der Waals surface area contributed by atoms with Crippen molar-refractivity contribution in [2.24, 2.45) is 0 Å². The van der Waals surface area contributed by atoms with Crippen molar-refractivity contribution in [3.05, 3.63) is 29.6 Å². The van der Waals surface area contributed by atoms with E-state index in [9.17, 15) is 9.18 Å². The second-order valence-corrected chi connectivity index (χ2v) is 3.96. The van der Waals surface area contributed by atoms with E-state index < -0.39 is 17.8 Å². The highest BCUT2D eigenvalue weighted by molar-refractivity contribution is 5.80. The zero-order valence-electron chi connectivity index (χ0n) is 9.06. The summed E-state index contributed by atoms with van der Waals surface area (Å²) in [5, 5.41) is 18.0. The lowest BCUT2D eigenvalue weighted by Crippen LogP contribution is -2.36. The van der Waals surface area contributed by atoms with Crippen LogP contribution in [0, 0.1) is 17.1 Å². The van der Waals surface area contributed by atoms with Crippen LogP contribution in [0.2, 0.25) is 0 Å². The Balaban J connectivity index is 2.40. The van der Waals surface area contributed by atoms with Crippen LogP contribution >= 0.6 is 0 Å². The maximum atomic E-state index is 13.0. The van der Waals surface area contributed by atoms with Gasteiger partial charge in [-0.05, 0) is 31.0 Å². The predicted molar refractivity (Wildman–Crippen MR) is 59.1 cm³/mol. The molecule has 0 amide bonds. The van der Waals surface area contributed by atoms with E-state index in [2.05, 4.69) is 0 Å². The van der Waals surface area contributed by atoms with E-state index in [-0.39, 0.29) is 5.56 Å². The first-order valence-electron chi connectivity index (χ1n) is 5.32. The molecule has 1 aromatic rings. The number of aliphatic carboxylic acids is 1. The molecule has 2 rings (SSSR count). The Morgan fingerprint density at radius 3 is 3.00 bits per heavy atom. The number of halogens is 1. The molecule has 1 aromatic carbocycles. The third kappa shape index (κ3) is 2.07. The van der Waals surface area contributed by atoms with Gasteiger partial charge in [-0.2, -0.15) is 5.26 Å². The lowest BCUT2D eigenvalue weighted by molar-refractivity contribution is -0.138. The second-order valence-electron chi connectivity index (χ2n) is 3.96. The largest absolute Gasteiger partial charge is 0.480 e. The van der Waals surface area contributed by atoms with Gasteiger partial charge in [0.15, 0.2) is 0 Å². The van der Waals surface area contributed by atoms with Crippen molar-refractivity contribution in [3.63, 3.8) is 0 Å². The SMILES string of the molecule is N#Cc1cc(F)ccc1N1CCCC1C(=O)O. The summed E-state index contributed by atoms with van der Waals surface area (Å²) in [6, 6.07) is 5.12. The quantitative estimate of drug-likeness (QED) is 0.846. The summed E-state index contributed by atoms with van der Waals surface area (Å²) in [5.74, 6) is -1.40. The average molecular weight is 234 g/mol. The number of anilines is 1. The Labute approximate surface area is 97.9 Å². The molecule has 1 saturated heterocycles. The third-order valence-corrected chi connectivity index (χ3v) is 2.93. The van der Waals surface area contributed by atoms with Crippen molar-refractivity contribution < 1.29 is 14.3 Å². The molecule has 0 spiro atoms. The molecule has 1 N–H and O–H groups in total. The molecule has 0 saturated carbocycles. The number of carboxylic acids is 1. The number of hydrogen-bond donors (Lipinski definition) is 1. The van der Waals surface area contributed by atoms with Gasteiger partial charge < -0.3 is 10.0 Å². The Hall–Kier alpha value is -2.09. The van der Waals surface area contributed by atoms with Crippen LogP contribution in [0.5, 0.6) is 0 Å². The summed E-state index contributed by atoms with van der Waals surface area (Å²) in [7, 11) is 0. The van der Waals surface area contributed by atoms with Crippen molar-refractivity contribution in [3.8, 4) is 6.07 Å². The monoisotopic (exact) mass is 234 g/mol. The number of nitriles is 1. The molecule has 0 radical (unpaired) electrons. The normalized spacial score (nSPS) is 19.1. The summed E-state index contributed by atoms with van der Waals surface area (Å²) in [6.07, 6.45) is 1.32. The van der Waals surface area contributed by atoms with Crippen LogP contribution in [0.1, 0.15) is 18.4 Å². The molecule has 1 fully saturated rings. The standard InChI is InChI=1S/C12H11FN2O2/c13-9-3-4-10(8(6-9)7-14)15-5-1-2-11(15)12(16)17/h3-4,6,11H,1-2,5H2,(H,16,17). The Kier molecular flexibility index (Phi) is 2.96. The first kappa shape index (κ1) is 11.4. The molecular formula is C12H11FN2O2. The van der Waals surface area contributed by atoms with Gasteiger partial charge in [0, 0.05) is 6.54 Å². The molecule has 1 aliphatic heterocycles. The van der Waals surface area contributed by atoms with Gasteiger partial charge in [0.25, 0.3) is 0 Å². The number of carboxylic acid groups (broad SMARTS) is 1. The zero-order chi connectivity index (χ0) is 12.4. The summed E-state index contributed by atoms with van der Waals surface area (Å²) in [4.78, 5) is 12.7. The van der Waals surface area contributed by atoms with E-state index in [1.165, 1.54) is 12.1 Å². The number of rotatable bonds is 2. The fourth-order valence-corrected chi connectivity index (χ4v) is 2.16. The van der Waals surface area contributed by atoms with Crippen LogP contribution < -0.4 is 4.90 Å². The predicted octanol–water partition coefficient (Wildman–Crippen LogP) is 1.75. The lowest BCUT2D eigenvalue weighted by Gasteiger charge is -2.24. The van der Waals surface area contributed by atoms with Gasteiger partial charge in [-0.15, -0.1) is 0 Å². The Morgan fingerprint density at radius 2 is 2.35 bits per heavy atom. The first-order chi connectivity index (χ1) is 8.13. The van der Waals surface area contributed by atoms with Crippen LogP contribution in [0.3, 0.4) is 0 Å². The van der Waals surface area contributed by atoms with Crippen molar-refractivity contribution in [1.29, 1.82) is 5.26 Å². The van der Waals surface area contributed by atoms with E-state index in [0.29, 0.717) is 18.7 Å². The molecule has 0 bridgehead atoms. The fourth-order valence-electron chi connectivity index (χ4n) is 2.16. The second kappa shape index (κ2) is 4.42. The topological polar surface area (TPSA) is 64.3 Å². The van der Waals surface area contributed by atoms with Crippen molar-refractivity contribution >= 4 is 11.7 Å². The smallest absolute Gasteiger partial charge is 0.326 e. The van der Waals surface area contributed by atoms with E-state index in [1.54, 1.807) is 4.90 Å². The van der Waals surface area contributed by atoms with Gasteiger partial charge in [-0.1, -0.05) is 0 Å². The van der Waals surface area contributed by atoms with Gasteiger partial charge in [-0.25, -0.2) is 9.18 Å². The Morgan fingerprint density at radius 1 is 1.59 bits per heavy atom. The van der Waals surface area contributed by atoms with E-state index in [4.69, 9.17) is 10.4 Å². The highest BCUT2D eigenvalue weighted by atomic mass is 19.1. The molecule has 1 heterocycles. The molecule has 1 aliphatic rings. The molecule has 0 aliphatic carbocycles. The molecular weight excluding hydrogens is 223 g/mol. The number of nitrogens with zero attached hydrogens (tertiary/aromatic N) is 2. The van der Waals surface area contributed by atoms with Gasteiger partial charge >= 0.3 is 5.97 Å². The molecule has 0 aromatic heterocycles. The first-order valence-corrected chi connectivity index (χ1v) is 5.32. The van der Waals surface area contributed by atoms with Crippen molar-refractivity contribution in [2.45, 2.75) is 18.9 Å². The molecule has 5 heteroatoms. The van der Waals surface area contributed by atoms with Crippen molar-refractivity contribution in [1.82, 2.24) is 0 Å². The summed E-state index contributed by atoms with van der Waals surface area (Å²) in [6.45, 7) is 0.581. The van der Waals surface area contributed by atoms with Gasteiger partial charge in [0.1, 0.15) is 17.9 Å².